The van der Waals surface area contributed by atoms with Crippen molar-refractivity contribution in [1.82, 2.24) is 20.3 Å². The van der Waals surface area contributed by atoms with Crippen LogP contribution in [0.25, 0.3) is 22.7 Å². The van der Waals surface area contributed by atoms with E-state index in [4.69, 9.17) is 13.7 Å². The van der Waals surface area contributed by atoms with Crippen LogP contribution in [0.1, 0.15) is 23.3 Å². The Morgan fingerprint density at radius 3 is 2.81 bits per heavy atom. The average molecular weight is 420 g/mol. The van der Waals surface area contributed by atoms with Crippen LogP contribution in [0.5, 0.6) is 0 Å². The number of benzene rings is 2. The molecule has 8 heteroatoms. The first-order chi connectivity index (χ1) is 15.2. The zero-order chi connectivity index (χ0) is 21.2. The highest BCUT2D eigenvalue weighted by Gasteiger charge is 2.26. The van der Waals surface area contributed by atoms with E-state index < -0.39 is 0 Å². The number of nitrogens with zero attached hydrogens (tertiary/aromatic N) is 4. The summed E-state index contributed by atoms with van der Waals surface area (Å²) in [6.45, 7) is 4.19. The van der Waals surface area contributed by atoms with Crippen molar-refractivity contribution in [2.24, 2.45) is 0 Å². The SMILES string of the molecule is Cc1onc(-c2ccccc2)c1-c1nnc(CN2CCOC(c3cccc(F)c3)C2)o1. The molecule has 1 aliphatic heterocycles. The van der Waals surface area contributed by atoms with Crippen molar-refractivity contribution in [3.63, 3.8) is 0 Å². The average Bonchev–Trinajstić information content (AvgIpc) is 3.40. The molecule has 1 unspecified atom stereocenters. The van der Waals surface area contributed by atoms with Crippen LogP contribution in [0.4, 0.5) is 4.39 Å². The number of aryl methyl sites for hydroxylation is 1. The van der Waals surface area contributed by atoms with Gasteiger partial charge in [0.25, 0.3) is 5.89 Å². The first kappa shape index (κ1) is 19.6. The molecule has 1 atom stereocenters. The summed E-state index contributed by atoms with van der Waals surface area (Å²) < 4.78 is 30.8. The molecule has 0 spiro atoms. The van der Waals surface area contributed by atoms with E-state index in [-0.39, 0.29) is 11.9 Å². The van der Waals surface area contributed by atoms with Gasteiger partial charge >= 0.3 is 0 Å². The molecule has 0 amide bonds. The van der Waals surface area contributed by atoms with E-state index in [0.717, 1.165) is 17.7 Å². The molecule has 31 heavy (non-hydrogen) atoms. The predicted octanol–water partition coefficient (Wildman–Crippen LogP) is 4.41. The fourth-order valence-corrected chi connectivity index (χ4v) is 3.78. The van der Waals surface area contributed by atoms with Crippen LogP contribution >= 0.6 is 0 Å². The Bertz CT molecular complexity index is 1170. The smallest absolute Gasteiger partial charge is 0.253 e. The van der Waals surface area contributed by atoms with Crippen LogP contribution < -0.4 is 0 Å². The van der Waals surface area contributed by atoms with E-state index in [1.54, 1.807) is 6.07 Å². The molecule has 4 aromatic rings. The lowest BCUT2D eigenvalue weighted by Gasteiger charge is -2.32. The quantitative estimate of drug-likeness (QED) is 0.473. The molecule has 0 radical (unpaired) electrons. The minimum absolute atomic E-state index is 0.197. The third-order valence-corrected chi connectivity index (χ3v) is 5.32. The van der Waals surface area contributed by atoms with Crippen LogP contribution in [0.3, 0.4) is 0 Å². The predicted molar refractivity (Wildman–Crippen MR) is 110 cm³/mol. The highest BCUT2D eigenvalue weighted by molar-refractivity contribution is 5.77. The van der Waals surface area contributed by atoms with Gasteiger partial charge in [-0.15, -0.1) is 10.2 Å². The Labute approximate surface area is 178 Å². The van der Waals surface area contributed by atoms with Crippen molar-refractivity contribution >= 4 is 0 Å². The summed E-state index contributed by atoms with van der Waals surface area (Å²) in [6.07, 6.45) is -0.197. The van der Waals surface area contributed by atoms with Gasteiger partial charge in [0.05, 0.1) is 19.3 Å². The van der Waals surface area contributed by atoms with Crippen LogP contribution in [0.15, 0.2) is 63.5 Å². The summed E-state index contributed by atoms with van der Waals surface area (Å²) in [4.78, 5) is 2.16. The summed E-state index contributed by atoms with van der Waals surface area (Å²) in [5.74, 6) is 1.22. The Morgan fingerprint density at radius 1 is 1.10 bits per heavy atom. The minimum atomic E-state index is -0.266. The van der Waals surface area contributed by atoms with Crippen molar-refractivity contribution in [1.29, 1.82) is 0 Å². The van der Waals surface area contributed by atoms with Gasteiger partial charge in [0, 0.05) is 18.7 Å². The third kappa shape index (κ3) is 4.12. The molecule has 2 aromatic carbocycles. The maximum absolute atomic E-state index is 13.6. The summed E-state index contributed by atoms with van der Waals surface area (Å²) in [7, 11) is 0. The molecule has 1 aliphatic rings. The van der Waals surface area contributed by atoms with Crippen LogP contribution in [-0.4, -0.2) is 40.0 Å². The summed E-state index contributed by atoms with van der Waals surface area (Å²) in [5, 5.41) is 12.6. The number of hydrogen-bond acceptors (Lipinski definition) is 7. The molecular weight excluding hydrogens is 399 g/mol. The monoisotopic (exact) mass is 420 g/mol. The maximum atomic E-state index is 13.6. The summed E-state index contributed by atoms with van der Waals surface area (Å²) in [6, 6.07) is 16.3. The number of aromatic nitrogens is 3. The largest absolute Gasteiger partial charge is 0.419 e. The van der Waals surface area contributed by atoms with Crippen molar-refractivity contribution < 1.29 is 18.1 Å². The Morgan fingerprint density at radius 2 is 1.97 bits per heavy atom. The number of hydrogen-bond donors (Lipinski definition) is 0. The van der Waals surface area contributed by atoms with Gasteiger partial charge in [0.15, 0.2) is 0 Å². The number of halogens is 1. The second-order valence-electron chi connectivity index (χ2n) is 7.48. The van der Waals surface area contributed by atoms with Gasteiger partial charge in [-0.3, -0.25) is 4.90 Å². The van der Waals surface area contributed by atoms with Gasteiger partial charge in [0.2, 0.25) is 5.89 Å². The van der Waals surface area contributed by atoms with E-state index >= 15 is 0 Å². The fraction of sp³-hybridized carbons (Fsp3) is 0.261. The Balaban J connectivity index is 1.34. The van der Waals surface area contributed by atoms with Crippen LogP contribution in [0.2, 0.25) is 0 Å². The summed E-state index contributed by atoms with van der Waals surface area (Å²) >= 11 is 0. The van der Waals surface area contributed by atoms with E-state index in [1.807, 2.05) is 43.3 Å². The highest BCUT2D eigenvalue weighted by Crippen LogP contribution is 2.33. The van der Waals surface area contributed by atoms with Crippen LogP contribution in [-0.2, 0) is 11.3 Å². The standard InChI is InChI=1S/C23H21FN4O3/c1-15-21(22(27-31-15)16-6-3-2-4-7-16)23-26-25-20(30-23)14-28-10-11-29-19(13-28)17-8-5-9-18(24)12-17/h2-9,12,19H,10-11,13-14H2,1H3. The van der Waals surface area contributed by atoms with E-state index in [1.165, 1.54) is 12.1 Å². The van der Waals surface area contributed by atoms with Crippen molar-refractivity contribution in [3.05, 3.63) is 77.6 Å². The second kappa shape index (κ2) is 8.41. The lowest BCUT2D eigenvalue weighted by Crippen LogP contribution is -2.37. The lowest BCUT2D eigenvalue weighted by molar-refractivity contribution is -0.0352. The molecule has 5 rings (SSSR count). The van der Waals surface area contributed by atoms with Gasteiger partial charge in [-0.2, -0.15) is 0 Å². The van der Waals surface area contributed by atoms with Crippen molar-refractivity contribution in [2.45, 2.75) is 19.6 Å². The number of rotatable bonds is 5. The lowest BCUT2D eigenvalue weighted by atomic mass is 10.1. The topological polar surface area (TPSA) is 77.4 Å². The fourth-order valence-electron chi connectivity index (χ4n) is 3.78. The molecule has 1 fully saturated rings. The second-order valence-corrected chi connectivity index (χ2v) is 7.48. The Kier molecular flexibility index (Phi) is 5.31. The minimum Gasteiger partial charge on any atom is -0.419 e. The van der Waals surface area contributed by atoms with Crippen molar-refractivity contribution in [2.75, 3.05) is 19.7 Å². The molecule has 0 bridgehead atoms. The normalized spacial score (nSPS) is 17.2. The van der Waals surface area contributed by atoms with Gasteiger partial charge in [-0.05, 0) is 24.6 Å². The zero-order valence-electron chi connectivity index (χ0n) is 17.0. The van der Waals surface area contributed by atoms with E-state index in [2.05, 4.69) is 20.3 Å². The molecule has 158 valence electrons. The maximum Gasteiger partial charge on any atom is 0.253 e. The Hall–Kier alpha value is -3.36. The number of morpholine rings is 1. The van der Waals surface area contributed by atoms with Gasteiger partial charge in [-0.1, -0.05) is 47.6 Å². The highest BCUT2D eigenvalue weighted by atomic mass is 19.1. The first-order valence-electron chi connectivity index (χ1n) is 10.1. The molecule has 0 saturated carbocycles. The van der Waals surface area contributed by atoms with Crippen molar-refractivity contribution in [3.8, 4) is 22.7 Å². The number of ether oxygens (including phenoxy) is 1. The molecule has 7 nitrogen and oxygen atoms in total. The van der Waals surface area contributed by atoms with Crippen LogP contribution in [0, 0.1) is 12.7 Å². The van der Waals surface area contributed by atoms with E-state index in [0.29, 0.717) is 48.5 Å². The van der Waals surface area contributed by atoms with Gasteiger partial charge in [0.1, 0.15) is 22.8 Å². The van der Waals surface area contributed by atoms with Gasteiger partial charge < -0.3 is 13.7 Å². The van der Waals surface area contributed by atoms with E-state index in [9.17, 15) is 4.39 Å². The summed E-state index contributed by atoms with van der Waals surface area (Å²) in [5.41, 5.74) is 3.11. The third-order valence-electron chi connectivity index (χ3n) is 5.32. The molecule has 0 N–H and O–H groups in total. The zero-order valence-corrected chi connectivity index (χ0v) is 17.0. The molecule has 1 saturated heterocycles. The molecule has 2 aromatic heterocycles. The molecule has 3 heterocycles. The van der Waals surface area contributed by atoms with Gasteiger partial charge in [-0.25, -0.2) is 4.39 Å². The first-order valence-corrected chi connectivity index (χ1v) is 10.1. The molecule has 0 aliphatic carbocycles. The molecular formula is C23H21FN4O3.